The number of rotatable bonds is 7. The topological polar surface area (TPSA) is 67.6 Å². The van der Waals surface area contributed by atoms with Gasteiger partial charge in [-0.05, 0) is 44.9 Å². The number of methoxy groups -OCH3 is 1. The summed E-state index contributed by atoms with van der Waals surface area (Å²) in [4.78, 5) is 14.3. The lowest BCUT2D eigenvalue weighted by atomic mass is 10.2. The molecule has 5 heteroatoms. The normalized spacial score (nSPS) is 15.8. The third-order valence-electron chi connectivity index (χ3n) is 4.19. The van der Waals surface area contributed by atoms with Crippen LogP contribution >= 0.6 is 0 Å². The SMILES string of the molecule is COc1cc(N)ccc1NC(=O)CCN(C)C(C)C1CC1. The highest BCUT2D eigenvalue weighted by molar-refractivity contribution is 5.92. The number of nitrogens with zero attached hydrogens (tertiary/aromatic N) is 1. The average molecular weight is 291 g/mol. The second-order valence-corrected chi connectivity index (χ2v) is 5.82. The molecular weight excluding hydrogens is 266 g/mol. The number of nitrogen functional groups attached to an aromatic ring is 1. The first kappa shape index (κ1) is 15.6. The van der Waals surface area contributed by atoms with Gasteiger partial charge in [0, 0.05) is 30.8 Å². The fourth-order valence-electron chi connectivity index (χ4n) is 2.44. The lowest BCUT2D eigenvalue weighted by Crippen LogP contribution is -2.33. The maximum absolute atomic E-state index is 12.1. The maximum atomic E-state index is 12.1. The van der Waals surface area contributed by atoms with Crippen LogP contribution in [-0.4, -0.2) is 37.6 Å². The van der Waals surface area contributed by atoms with Crippen LogP contribution in [0.1, 0.15) is 26.2 Å². The van der Waals surface area contributed by atoms with E-state index in [2.05, 4.69) is 24.2 Å². The van der Waals surface area contributed by atoms with E-state index in [-0.39, 0.29) is 5.91 Å². The van der Waals surface area contributed by atoms with Crippen molar-refractivity contribution in [3.63, 3.8) is 0 Å². The molecule has 21 heavy (non-hydrogen) atoms. The number of hydrogen-bond donors (Lipinski definition) is 2. The van der Waals surface area contributed by atoms with E-state index in [4.69, 9.17) is 10.5 Å². The Balaban J connectivity index is 1.84. The van der Waals surface area contributed by atoms with E-state index in [1.807, 2.05) is 0 Å². The van der Waals surface area contributed by atoms with E-state index in [1.54, 1.807) is 25.3 Å². The molecule has 0 heterocycles. The van der Waals surface area contributed by atoms with Crippen molar-refractivity contribution < 1.29 is 9.53 Å². The quantitative estimate of drug-likeness (QED) is 0.757. The highest BCUT2D eigenvalue weighted by Crippen LogP contribution is 2.34. The number of anilines is 2. The molecular formula is C16H25N3O2. The molecule has 0 aromatic heterocycles. The summed E-state index contributed by atoms with van der Waals surface area (Å²) in [6.45, 7) is 3.00. The number of hydrogen-bond acceptors (Lipinski definition) is 4. The van der Waals surface area contributed by atoms with E-state index in [0.29, 0.717) is 29.6 Å². The number of benzene rings is 1. The molecule has 1 aromatic rings. The van der Waals surface area contributed by atoms with Crippen molar-refractivity contribution in [1.29, 1.82) is 0 Å². The second-order valence-electron chi connectivity index (χ2n) is 5.82. The summed E-state index contributed by atoms with van der Waals surface area (Å²) in [6, 6.07) is 5.78. The Kier molecular flexibility index (Phi) is 5.07. The Labute approximate surface area is 126 Å². The number of carbonyl (C=O) groups excluding carboxylic acids is 1. The Morgan fingerprint density at radius 1 is 1.52 bits per heavy atom. The van der Waals surface area contributed by atoms with Crippen molar-refractivity contribution >= 4 is 17.3 Å². The number of amides is 1. The third-order valence-corrected chi connectivity index (χ3v) is 4.19. The highest BCUT2D eigenvalue weighted by atomic mass is 16.5. The van der Waals surface area contributed by atoms with E-state index < -0.39 is 0 Å². The van der Waals surface area contributed by atoms with Gasteiger partial charge in [0.25, 0.3) is 0 Å². The Morgan fingerprint density at radius 2 is 2.24 bits per heavy atom. The van der Waals surface area contributed by atoms with Gasteiger partial charge in [0.15, 0.2) is 0 Å². The molecule has 0 radical (unpaired) electrons. The summed E-state index contributed by atoms with van der Waals surface area (Å²) in [5.74, 6) is 1.39. The van der Waals surface area contributed by atoms with Crippen molar-refractivity contribution in [2.75, 3.05) is 31.8 Å². The molecule has 1 saturated carbocycles. The zero-order chi connectivity index (χ0) is 15.4. The van der Waals surface area contributed by atoms with Crippen LogP contribution in [0.3, 0.4) is 0 Å². The smallest absolute Gasteiger partial charge is 0.225 e. The second kappa shape index (κ2) is 6.80. The minimum atomic E-state index is -0.00656. The molecule has 1 aliphatic rings. The molecule has 5 nitrogen and oxygen atoms in total. The van der Waals surface area contributed by atoms with E-state index in [1.165, 1.54) is 12.8 Å². The van der Waals surface area contributed by atoms with E-state index in [0.717, 1.165) is 12.5 Å². The van der Waals surface area contributed by atoms with Crippen LogP contribution in [0.4, 0.5) is 11.4 Å². The van der Waals surface area contributed by atoms with Gasteiger partial charge in [-0.15, -0.1) is 0 Å². The minimum absolute atomic E-state index is 0.00656. The molecule has 3 N–H and O–H groups in total. The molecule has 1 atom stereocenters. The van der Waals surface area contributed by atoms with E-state index >= 15 is 0 Å². The predicted molar refractivity (Wildman–Crippen MR) is 85.5 cm³/mol. The van der Waals surface area contributed by atoms with Gasteiger partial charge in [0.1, 0.15) is 5.75 Å². The monoisotopic (exact) mass is 291 g/mol. The molecule has 1 fully saturated rings. The van der Waals surface area contributed by atoms with Gasteiger partial charge in [-0.2, -0.15) is 0 Å². The van der Waals surface area contributed by atoms with Gasteiger partial charge < -0.3 is 20.7 Å². The summed E-state index contributed by atoms with van der Waals surface area (Å²) in [7, 11) is 3.65. The van der Waals surface area contributed by atoms with Crippen LogP contribution in [0, 0.1) is 5.92 Å². The van der Waals surface area contributed by atoms with Gasteiger partial charge >= 0.3 is 0 Å². The molecule has 0 bridgehead atoms. The van der Waals surface area contributed by atoms with Crippen LogP contribution in [0.5, 0.6) is 5.75 Å². The van der Waals surface area contributed by atoms with Gasteiger partial charge in [-0.3, -0.25) is 4.79 Å². The molecule has 0 saturated heterocycles. The zero-order valence-corrected chi connectivity index (χ0v) is 13.1. The summed E-state index contributed by atoms with van der Waals surface area (Å²) < 4.78 is 5.23. The molecule has 2 rings (SSSR count). The predicted octanol–water partition coefficient (Wildman–Crippen LogP) is 2.34. The molecule has 0 aliphatic heterocycles. The lowest BCUT2D eigenvalue weighted by Gasteiger charge is -2.24. The summed E-state index contributed by atoms with van der Waals surface area (Å²) in [5, 5.41) is 2.88. The summed E-state index contributed by atoms with van der Waals surface area (Å²) >= 11 is 0. The van der Waals surface area contributed by atoms with Crippen LogP contribution in [0.2, 0.25) is 0 Å². The third kappa shape index (κ3) is 4.36. The number of nitrogens with two attached hydrogens (primary N) is 1. The molecule has 1 aromatic carbocycles. The lowest BCUT2D eigenvalue weighted by molar-refractivity contribution is -0.116. The van der Waals surface area contributed by atoms with Crippen molar-refractivity contribution in [2.24, 2.45) is 5.92 Å². The minimum Gasteiger partial charge on any atom is -0.494 e. The van der Waals surface area contributed by atoms with Crippen molar-refractivity contribution in [2.45, 2.75) is 32.2 Å². The Hall–Kier alpha value is -1.75. The molecule has 1 aliphatic carbocycles. The van der Waals surface area contributed by atoms with Crippen LogP contribution < -0.4 is 15.8 Å². The molecule has 1 unspecified atom stereocenters. The van der Waals surface area contributed by atoms with Crippen LogP contribution in [0.15, 0.2) is 18.2 Å². The van der Waals surface area contributed by atoms with Gasteiger partial charge in [-0.25, -0.2) is 0 Å². The van der Waals surface area contributed by atoms with Crippen molar-refractivity contribution in [3.8, 4) is 5.75 Å². The summed E-state index contributed by atoms with van der Waals surface area (Å²) in [5.41, 5.74) is 6.98. The fraction of sp³-hybridized carbons (Fsp3) is 0.562. The first-order valence-electron chi connectivity index (χ1n) is 7.45. The zero-order valence-electron chi connectivity index (χ0n) is 13.1. The van der Waals surface area contributed by atoms with Crippen LogP contribution in [0.25, 0.3) is 0 Å². The molecule has 0 spiro atoms. The average Bonchev–Trinajstić information content (AvgIpc) is 3.30. The van der Waals surface area contributed by atoms with Gasteiger partial charge in [0.05, 0.1) is 12.8 Å². The van der Waals surface area contributed by atoms with Crippen molar-refractivity contribution in [3.05, 3.63) is 18.2 Å². The maximum Gasteiger partial charge on any atom is 0.225 e. The van der Waals surface area contributed by atoms with E-state index in [9.17, 15) is 4.79 Å². The number of ether oxygens (including phenoxy) is 1. The number of carbonyl (C=O) groups is 1. The Bertz CT molecular complexity index is 500. The van der Waals surface area contributed by atoms with Crippen molar-refractivity contribution in [1.82, 2.24) is 4.90 Å². The largest absolute Gasteiger partial charge is 0.494 e. The highest BCUT2D eigenvalue weighted by Gasteiger charge is 2.30. The first-order valence-corrected chi connectivity index (χ1v) is 7.45. The Morgan fingerprint density at radius 3 is 2.86 bits per heavy atom. The first-order chi connectivity index (χ1) is 10.0. The molecule has 1 amide bonds. The van der Waals surface area contributed by atoms with Gasteiger partial charge in [0.2, 0.25) is 5.91 Å². The van der Waals surface area contributed by atoms with Gasteiger partial charge in [-0.1, -0.05) is 0 Å². The standard InChI is InChI=1S/C16H25N3O2/c1-11(12-4-5-12)19(2)9-8-16(20)18-14-7-6-13(17)10-15(14)21-3/h6-7,10-12H,4-5,8-9,17H2,1-3H3,(H,18,20). The number of nitrogens with one attached hydrogen (secondary N) is 1. The summed E-state index contributed by atoms with van der Waals surface area (Å²) in [6.07, 6.45) is 3.11. The fourth-order valence-corrected chi connectivity index (χ4v) is 2.44. The van der Waals surface area contributed by atoms with Crippen LogP contribution in [-0.2, 0) is 4.79 Å². The molecule has 116 valence electrons.